The fourth-order valence-electron chi connectivity index (χ4n) is 4.02. The minimum Gasteiger partial charge on any atom is -0.364 e. The Balaban J connectivity index is 1.47. The van der Waals surface area contributed by atoms with Gasteiger partial charge in [-0.05, 0) is 36.2 Å². The molecule has 0 aliphatic rings. The van der Waals surface area contributed by atoms with E-state index in [1.165, 1.54) is 0 Å². The van der Waals surface area contributed by atoms with E-state index in [-0.39, 0.29) is 11.4 Å². The molecule has 0 saturated heterocycles. The van der Waals surface area contributed by atoms with Gasteiger partial charge in [-0.25, -0.2) is 13.1 Å². The number of benzene rings is 3. The van der Waals surface area contributed by atoms with Crippen LogP contribution in [0.25, 0.3) is 22.0 Å². The number of rotatable bonds is 8. The van der Waals surface area contributed by atoms with Crippen molar-refractivity contribution in [3.8, 4) is 11.3 Å². The van der Waals surface area contributed by atoms with E-state index >= 15 is 0 Å². The third kappa shape index (κ3) is 5.10. The average molecular weight is 496 g/mol. The maximum absolute atomic E-state index is 13.2. The van der Waals surface area contributed by atoms with Crippen molar-refractivity contribution in [3.05, 3.63) is 114 Å². The second-order valence-electron chi connectivity index (χ2n) is 8.41. The maximum atomic E-state index is 13.2. The molecule has 0 spiro atoms. The Kier molecular flexibility index (Phi) is 6.71. The van der Waals surface area contributed by atoms with Crippen molar-refractivity contribution in [1.29, 1.82) is 0 Å². The molecular formula is C28H25N5O2S. The zero-order valence-electron chi connectivity index (χ0n) is 19.7. The van der Waals surface area contributed by atoms with Gasteiger partial charge in [0.05, 0.1) is 17.1 Å². The molecule has 0 bridgehead atoms. The highest BCUT2D eigenvalue weighted by atomic mass is 32.2. The molecule has 8 heteroatoms. The molecule has 36 heavy (non-hydrogen) atoms. The molecule has 5 rings (SSSR count). The van der Waals surface area contributed by atoms with Gasteiger partial charge >= 0.3 is 0 Å². The molecule has 0 aliphatic heterocycles. The molecule has 2 aromatic heterocycles. The quantitative estimate of drug-likeness (QED) is 0.311. The minimum atomic E-state index is -3.77. The van der Waals surface area contributed by atoms with E-state index in [1.54, 1.807) is 37.4 Å². The lowest BCUT2D eigenvalue weighted by atomic mass is 10.0. The van der Waals surface area contributed by atoms with Crippen LogP contribution in [0, 0.1) is 6.92 Å². The van der Waals surface area contributed by atoms with Gasteiger partial charge in [-0.15, -0.1) is 10.2 Å². The Morgan fingerprint density at radius 1 is 0.778 bits per heavy atom. The Bertz CT molecular complexity index is 1610. The first kappa shape index (κ1) is 23.6. The van der Waals surface area contributed by atoms with Crippen molar-refractivity contribution < 1.29 is 8.42 Å². The van der Waals surface area contributed by atoms with Crippen LogP contribution in [0.3, 0.4) is 0 Å². The first-order chi connectivity index (χ1) is 17.5. The number of pyridine rings is 1. The van der Waals surface area contributed by atoms with Gasteiger partial charge in [0.2, 0.25) is 10.0 Å². The number of fused-ring (bicyclic) bond motifs is 1. The minimum absolute atomic E-state index is 0.108. The molecule has 0 atom stereocenters. The molecule has 0 amide bonds. The number of nitrogens with zero attached hydrogens (tertiary/aromatic N) is 3. The smallest absolute Gasteiger partial charge is 0.241 e. The van der Waals surface area contributed by atoms with Crippen LogP contribution in [0.4, 0.5) is 5.82 Å². The van der Waals surface area contributed by atoms with E-state index < -0.39 is 10.0 Å². The molecular weight excluding hydrogens is 470 g/mol. The van der Waals surface area contributed by atoms with Crippen molar-refractivity contribution in [2.24, 2.45) is 0 Å². The van der Waals surface area contributed by atoms with Crippen molar-refractivity contribution in [3.63, 3.8) is 0 Å². The largest absolute Gasteiger partial charge is 0.364 e. The molecule has 0 aliphatic carbocycles. The van der Waals surface area contributed by atoms with Gasteiger partial charge in [0.15, 0.2) is 5.82 Å². The summed E-state index contributed by atoms with van der Waals surface area (Å²) in [5.74, 6) is 0.676. The summed E-state index contributed by atoms with van der Waals surface area (Å²) >= 11 is 0. The molecule has 2 heterocycles. The fourth-order valence-corrected chi connectivity index (χ4v) is 5.28. The summed E-state index contributed by atoms with van der Waals surface area (Å²) in [6, 6.07) is 28.6. The first-order valence-corrected chi connectivity index (χ1v) is 13.0. The lowest BCUT2D eigenvalue weighted by Gasteiger charge is -2.13. The highest BCUT2D eigenvalue weighted by Crippen LogP contribution is 2.32. The van der Waals surface area contributed by atoms with Crippen LogP contribution in [-0.2, 0) is 23.1 Å². The lowest BCUT2D eigenvalue weighted by molar-refractivity contribution is 0.580. The molecule has 2 N–H and O–H groups in total. The molecule has 180 valence electrons. The van der Waals surface area contributed by atoms with Gasteiger partial charge in [0, 0.05) is 29.1 Å². The van der Waals surface area contributed by atoms with Crippen molar-refractivity contribution in [2.75, 3.05) is 5.32 Å². The molecule has 5 aromatic rings. The SMILES string of the molecule is Cc1ccc(-c2nnc(NCc3ccccc3)c3ccccc23)cc1S(=O)(=O)NCc1ccccn1. The van der Waals surface area contributed by atoms with Crippen LogP contribution in [-0.4, -0.2) is 23.6 Å². The lowest BCUT2D eigenvalue weighted by Crippen LogP contribution is -2.24. The number of sulfonamides is 1. The number of hydrogen-bond acceptors (Lipinski definition) is 6. The Labute approximate surface area is 210 Å². The highest BCUT2D eigenvalue weighted by molar-refractivity contribution is 7.89. The second-order valence-corrected chi connectivity index (χ2v) is 10.1. The zero-order chi connectivity index (χ0) is 25.0. The van der Waals surface area contributed by atoms with Crippen LogP contribution in [0.2, 0.25) is 0 Å². The van der Waals surface area contributed by atoms with Crippen molar-refractivity contribution >= 4 is 26.6 Å². The van der Waals surface area contributed by atoms with Crippen LogP contribution in [0.1, 0.15) is 16.8 Å². The fraction of sp³-hybridized carbons (Fsp3) is 0.107. The summed E-state index contributed by atoms with van der Waals surface area (Å²) in [4.78, 5) is 4.39. The number of aryl methyl sites for hydroxylation is 1. The highest BCUT2D eigenvalue weighted by Gasteiger charge is 2.19. The van der Waals surface area contributed by atoms with Gasteiger partial charge in [-0.3, -0.25) is 4.98 Å². The van der Waals surface area contributed by atoms with Crippen LogP contribution in [0.5, 0.6) is 0 Å². The first-order valence-electron chi connectivity index (χ1n) is 11.5. The Morgan fingerprint density at radius 3 is 2.31 bits per heavy atom. The van der Waals surface area contributed by atoms with Crippen LogP contribution in [0.15, 0.2) is 102 Å². The monoisotopic (exact) mass is 495 g/mol. The summed E-state index contributed by atoms with van der Waals surface area (Å²) in [6.45, 7) is 2.50. The number of nitrogens with one attached hydrogen (secondary N) is 2. The van der Waals surface area contributed by atoms with E-state index in [2.05, 4.69) is 25.2 Å². The summed E-state index contributed by atoms with van der Waals surface area (Å²) in [5.41, 5.74) is 3.73. The molecule has 0 radical (unpaired) electrons. The van der Waals surface area contributed by atoms with Gasteiger partial charge in [0.1, 0.15) is 5.69 Å². The van der Waals surface area contributed by atoms with Gasteiger partial charge in [0.25, 0.3) is 0 Å². The Morgan fingerprint density at radius 2 is 1.53 bits per heavy atom. The van der Waals surface area contributed by atoms with Crippen LogP contribution < -0.4 is 10.0 Å². The zero-order valence-corrected chi connectivity index (χ0v) is 20.5. The molecule has 0 saturated carbocycles. The second kappa shape index (κ2) is 10.2. The van der Waals surface area contributed by atoms with Gasteiger partial charge in [-0.2, -0.15) is 0 Å². The van der Waals surface area contributed by atoms with Crippen LogP contribution >= 0.6 is 0 Å². The van der Waals surface area contributed by atoms with E-state index in [0.717, 1.165) is 16.3 Å². The van der Waals surface area contributed by atoms with E-state index in [9.17, 15) is 8.42 Å². The van der Waals surface area contributed by atoms with Gasteiger partial charge < -0.3 is 5.32 Å². The Hall–Kier alpha value is -4.14. The molecule has 0 unspecified atom stereocenters. The van der Waals surface area contributed by atoms with E-state index in [0.29, 0.717) is 34.9 Å². The van der Waals surface area contributed by atoms with Crippen molar-refractivity contribution in [2.45, 2.75) is 24.9 Å². The summed E-state index contributed by atoms with van der Waals surface area (Å²) < 4.78 is 29.0. The third-order valence-corrected chi connectivity index (χ3v) is 7.45. The van der Waals surface area contributed by atoms with Crippen molar-refractivity contribution in [1.82, 2.24) is 19.9 Å². The topological polar surface area (TPSA) is 96.9 Å². The van der Waals surface area contributed by atoms with E-state index in [1.807, 2.05) is 66.7 Å². The number of anilines is 1. The maximum Gasteiger partial charge on any atom is 0.241 e. The predicted molar refractivity (Wildman–Crippen MR) is 142 cm³/mol. The standard InChI is InChI=1S/C28H25N5O2S/c1-20-14-15-22(17-26(20)36(34,35)31-19-23-11-7-8-16-29-23)27-24-12-5-6-13-25(24)28(33-32-27)30-18-21-9-3-2-4-10-21/h2-17,31H,18-19H2,1H3,(H,30,33). The van der Waals surface area contributed by atoms with E-state index in [4.69, 9.17) is 0 Å². The third-order valence-electron chi connectivity index (χ3n) is 5.91. The predicted octanol–water partition coefficient (Wildman–Crippen LogP) is 5.09. The van der Waals surface area contributed by atoms with Gasteiger partial charge in [-0.1, -0.05) is 72.8 Å². The summed E-state index contributed by atoms with van der Waals surface area (Å²) in [5, 5.41) is 14.1. The number of aromatic nitrogens is 3. The normalized spacial score (nSPS) is 11.5. The summed E-state index contributed by atoms with van der Waals surface area (Å²) in [7, 11) is -3.77. The number of hydrogen-bond donors (Lipinski definition) is 2. The molecule has 3 aromatic carbocycles. The molecule has 0 fully saturated rings. The summed E-state index contributed by atoms with van der Waals surface area (Å²) in [6.07, 6.45) is 1.64. The molecule has 7 nitrogen and oxygen atoms in total. The average Bonchev–Trinajstić information content (AvgIpc) is 2.92.